The minimum absolute atomic E-state index is 0.224. The number of benzene rings is 1. The summed E-state index contributed by atoms with van der Waals surface area (Å²) in [6, 6.07) is 3.79. The van der Waals surface area contributed by atoms with Crippen LogP contribution in [0.4, 0.5) is 5.82 Å². The number of imidazole rings is 1. The SMILES string of the molecule is COc1cc(OC)c(-c2ncn(C(C)C)c2N)c(OC)c1. The Balaban J connectivity index is 2.67. The number of nitrogen functional groups attached to an aromatic ring is 1. The van der Waals surface area contributed by atoms with Crippen LogP contribution in [0.25, 0.3) is 11.3 Å². The maximum Gasteiger partial charge on any atom is 0.135 e. The van der Waals surface area contributed by atoms with Crippen LogP contribution in [0.2, 0.25) is 0 Å². The summed E-state index contributed by atoms with van der Waals surface area (Å²) in [5, 5.41) is 0. The van der Waals surface area contributed by atoms with Gasteiger partial charge in [0.25, 0.3) is 0 Å². The molecular formula is C15H21N3O3. The molecule has 0 spiro atoms. The monoisotopic (exact) mass is 291 g/mol. The molecule has 0 radical (unpaired) electrons. The second-order valence-corrected chi connectivity index (χ2v) is 4.89. The average molecular weight is 291 g/mol. The first kappa shape index (κ1) is 15.0. The first-order valence-electron chi connectivity index (χ1n) is 6.66. The van der Waals surface area contributed by atoms with E-state index in [0.29, 0.717) is 28.8 Å². The Labute approximate surface area is 124 Å². The molecule has 0 fully saturated rings. The van der Waals surface area contributed by atoms with Gasteiger partial charge in [-0.05, 0) is 13.8 Å². The number of rotatable bonds is 5. The number of hydrogen-bond acceptors (Lipinski definition) is 5. The van der Waals surface area contributed by atoms with Crippen LogP contribution in [-0.2, 0) is 0 Å². The summed E-state index contributed by atoms with van der Waals surface area (Å²) in [5.41, 5.74) is 7.57. The number of ether oxygens (including phenoxy) is 3. The number of aromatic nitrogens is 2. The predicted octanol–water partition coefficient (Wildman–Crippen LogP) is 2.74. The lowest BCUT2D eigenvalue weighted by atomic mass is 10.1. The van der Waals surface area contributed by atoms with Crippen LogP contribution in [0, 0.1) is 0 Å². The van der Waals surface area contributed by atoms with Gasteiger partial charge >= 0.3 is 0 Å². The highest BCUT2D eigenvalue weighted by Crippen LogP contribution is 2.43. The molecule has 6 heteroatoms. The van der Waals surface area contributed by atoms with Crippen molar-refractivity contribution in [1.29, 1.82) is 0 Å². The van der Waals surface area contributed by atoms with Crippen LogP contribution in [0.15, 0.2) is 18.5 Å². The molecule has 0 aliphatic carbocycles. The first-order valence-corrected chi connectivity index (χ1v) is 6.66. The van der Waals surface area contributed by atoms with Crippen molar-refractivity contribution < 1.29 is 14.2 Å². The van der Waals surface area contributed by atoms with Crippen LogP contribution in [0.3, 0.4) is 0 Å². The second-order valence-electron chi connectivity index (χ2n) is 4.89. The van der Waals surface area contributed by atoms with Crippen molar-refractivity contribution >= 4 is 5.82 Å². The summed E-state index contributed by atoms with van der Waals surface area (Å²) in [6.07, 6.45) is 1.72. The van der Waals surface area contributed by atoms with E-state index in [9.17, 15) is 0 Å². The molecule has 0 aliphatic heterocycles. The molecule has 0 atom stereocenters. The third-order valence-corrected chi connectivity index (χ3v) is 3.34. The zero-order valence-corrected chi connectivity index (χ0v) is 13.0. The Morgan fingerprint density at radius 3 is 2.00 bits per heavy atom. The van der Waals surface area contributed by atoms with Crippen LogP contribution >= 0.6 is 0 Å². The predicted molar refractivity (Wildman–Crippen MR) is 82.1 cm³/mol. The van der Waals surface area contributed by atoms with Gasteiger partial charge in [0.15, 0.2) is 0 Å². The molecule has 0 aliphatic rings. The fraction of sp³-hybridized carbons (Fsp3) is 0.400. The van der Waals surface area contributed by atoms with E-state index < -0.39 is 0 Å². The standard InChI is InChI=1S/C15H21N3O3/c1-9(2)18-8-17-14(15(18)16)13-11(20-4)6-10(19-3)7-12(13)21-5/h6-9H,16H2,1-5H3. The third-order valence-electron chi connectivity index (χ3n) is 3.34. The lowest BCUT2D eigenvalue weighted by molar-refractivity contribution is 0.377. The van der Waals surface area contributed by atoms with Gasteiger partial charge in [0.1, 0.15) is 28.8 Å². The van der Waals surface area contributed by atoms with Crippen molar-refractivity contribution in [1.82, 2.24) is 9.55 Å². The van der Waals surface area contributed by atoms with Gasteiger partial charge in [-0.2, -0.15) is 0 Å². The van der Waals surface area contributed by atoms with E-state index in [1.807, 2.05) is 18.4 Å². The van der Waals surface area contributed by atoms with Crippen molar-refractivity contribution in [3.63, 3.8) is 0 Å². The molecule has 2 rings (SSSR count). The minimum Gasteiger partial charge on any atom is -0.496 e. The van der Waals surface area contributed by atoms with E-state index in [4.69, 9.17) is 19.9 Å². The Bertz CT molecular complexity index is 610. The van der Waals surface area contributed by atoms with Crippen molar-refractivity contribution in [3.8, 4) is 28.5 Å². The first-order chi connectivity index (χ1) is 10.0. The molecule has 6 nitrogen and oxygen atoms in total. The van der Waals surface area contributed by atoms with E-state index in [1.165, 1.54) is 0 Å². The van der Waals surface area contributed by atoms with Gasteiger partial charge in [0.05, 0.1) is 33.2 Å². The van der Waals surface area contributed by atoms with E-state index in [2.05, 4.69) is 4.98 Å². The topological polar surface area (TPSA) is 71.5 Å². The molecule has 0 saturated carbocycles. The molecule has 2 aromatic rings. The Morgan fingerprint density at radius 1 is 1.05 bits per heavy atom. The highest BCUT2D eigenvalue weighted by atomic mass is 16.5. The second kappa shape index (κ2) is 5.95. The normalized spacial score (nSPS) is 10.8. The number of nitrogens with two attached hydrogens (primary N) is 1. The largest absolute Gasteiger partial charge is 0.496 e. The molecule has 2 N–H and O–H groups in total. The number of nitrogens with zero attached hydrogens (tertiary/aromatic N) is 2. The molecule has 114 valence electrons. The Hall–Kier alpha value is -2.37. The molecule has 1 aromatic carbocycles. The molecule has 1 heterocycles. The fourth-order valence-corrected chi connectivity index (χ4v) is 2.21. The van der Waals surface area contributed by atoms with Crippen LogP contribution in [-0.4, -0.2) is 30.9 Å². The Kier molecular flexibility index (Phi) is 4.26. The summed E-state index contributed by atoms with van der Waals surface area (Å²) >= 11 is 0. The molecule has 0 amide bonds. The summed E-state index contributed by atoms with van der Waals surface area (Å²) in [4.78, 5) is 4.42. The van der Waals surface area contributed by atoms with Gasteiger partial charge in [0.2, 0.25) is 0 Å². The molecule has 0 bridgehead atoms. The minimum atomic E-state index is 0.224. The fourth-order valence-electron chi connectivity index (χ4n) is 2.21. The highest BCUT2D eigenvalue weighted by Gasteiger charge is 2.21. The van der Waals surface area contributed by atoms with E-state index >= 15 is 0 Å². The number of methoxy groups -OCH3 is 3. The third kappa shape index (κ3) is 2.61. The van der Waals surface area contributed by atoms with Gasteiger partial charge < -0.3 is 24.5 Å². The van der Waals surface area contributed by atoms with Crippen LogP contribution < -0.4 is 19.9 Å². The van der Waals surface area contributed by atoms with Crippen molar-refractivity contribution in [2.24, 2.45) is 0 Å². The average Bonchev–Trinajstić information content (AvgIpc) is 2.87. The molecule has 21 heavy (non-hydrogen) atoms. The summed E-state index contributed by atoms with van der Waals surface area (Å²) in [5.74, 6) is 2.43. The van der Waals surface area contributed by atoms with E-state index in [0.717, 1.165) is 5.56 Å². The highest BCUT2D eigenvalue weighted by molar-refractivity contribution is 5.82. The maximum atomic E-state index is 6.21. The molecule has 1 aromatic heterocycles. The smallest absolute Gasteiger partial charge is 0.135 e. The quantitative estimate of drug-likeness (QED) is 0.917. The van der Waals surface area contributed by atoms with Gasteiger partial charge in [-0.25, -0.2) is 4.98 Å². The summed E-state index contributed by atoms with van der Waals surface area (Å²) < 4.78 is 18.0. The van der Waals surface area contributed by atoms with Crippen molar-refractivity contribution in [3.05, 3.63) is 18.5 Å². The summed E-state index contributed by atoms with van der Waals surface area (Å²) in [6.45, 7) is 4.09. The maximum absolute atomic E-state index is 6.21. The van der Waals surface area contributed by atoms with Gasteiger partial charge in [-0.1, -0.05) is 0 Å². The molecular weight excluding hydrogens is 270 g/mol. The van der Waals surface area contributed by atoms with Crippen molar-refractivity contribution in [2.75, 3.05) is 27.1 Å². The lowest BCUT2D eigenvalue weighted by Gasteiger charge is -2.15. The van der Waals surface area contributed by atoms with Gasteiger partial charge in [-0.3, -0.25) is 0 Å². The van der Waals surface area contributed by atoms with E-state index in [1.54, 1.807) is 39.8 Å². The summed E-state index contributed by atoms with van der Waals surface area (Å²) in [7, 11) is 4.77. The van der Waals surface area contributed by atoms with Gasteiger partial charge in [-0.15, -0.1) is 0 Å². The van der Waals surface area contributed by atoms with E-state index in [-0.39, 0.29) is 6.04 Å². The molecule has 0 saturated heterocycles. The lowest BCUT2D eigenvalue weighted by Crippen LogP contribution is -2.04. The number of anilines is 1. The zero-order chi connectivity index (χ0) is 15.6. The van der Waals surface area contributed by atoms with Crippen LogP contribution in [0.1, 0.15) is 19.9 Å². The van der Waals surface area contributed by atoms with Gasteiger partial charge in [0, 0.05) is 18.2 Å². The van der Waals surface area contributed by atoms with Crippen LogP contribution in [0.5, 0.6) is 17.2 Å². The Morgan fingerprint density at radius 2 is 1.62 bits per heavy atom. The molecule has 0 unspecified atom stereocenters. The van der Waals surface area contributed by atoms with Crippen molar-refractivity contribution in [2.45, 2.75) is 19.9 Å². The zero-order valence-electron chi connectivity index (χ0n) is 13.0. The number of hydrogen-bond donors (Lipinski definition) is 1.